The second-order valence-electron chi connectivity index (χ2n) is 7.61. The quantitative estimate of drug-likeness (QED) is 0.550. The van der Waals surface area contributed by atoms with Gasteiger partial charge in [0.1, 0.15) is 12.3 Å². The van der Waals surface area contributed by atoms with Gasteiger partial charge in [-0.15, -0.1) is 10.2 Å². The third-order valence-electron chi connectivity index (χ3n) is 5.66. The van der Waals surface area contributed by atoms with E-state index in [9.17, 15) is 26.9 Å². The number of halogens is 3. The van der Waals surface area contributed by atoms with E-state index in [1.54, 1.807) is 12.1 Å². The number of aliphatic hydroxyl groups excluding tert-OH is 1. The fourth-order valence-corrected chi connectivity index (χ4v) is 5.10. The highest BCUT2D eigenvalue weighted by molar-refractivity contribution is 7.92. The van der Waals surface area contributed by atoms with E-state index in [2.05, 4.69) is 25.6 Å². The molecule has 9 nitrogen and oxygen atoms in total. The van der Waals surface area contributed by atoms with Crippen molar-refractivity contribution < 1.29 is 26.7 Å². The molecule has 3 heterocycles. The molecule has 0 bridgehead atoms. The Labute approximate surface area is 196 Å². The summed E-state index contributed by atoms with van der Waals surface area (Å²) in [7, 11) is -5.45. The Morgan fingerprint density at radius 3 is 2.29 bits per heavy atom. The van der Waals surface area contributed by atoms with Crippen LogP contribution in [0.4, 0.5) is 19.0 Å². The van der Waals surface area contributed by atoms with Crippen molar-refractivity contribution in [1.29, 1.82) is 5.26 Å². The molecule has 2 aromatic heterocycles. The average Bonchev–Trinajstić information content (AvgIpc) is 3.33. The van der Waals surface area contributed by atoms with Crippen LogP contribution in [0.2, 0.25) is 0 Å². The Bertz CT molecular complexity index is 1310. The second kappa shape index (κ2) is 8.90. The maximum absolute atomic E-state index is 12.8. The molecule has 178 valence electrons. The van der Waals surface area contributed by atoms with Crippen LogP contribution in [-0.2, 0) is 21.9 Å². The molecule has 1 N–H and O–H groups in total. The van der Waals surface area contributed by atoms with Gasteiger partial charge in [0.05, 0.1) is 16.4 Å². The zero-order valence-electron chi connectivity index (χ0n) is 17.4. The Balaban J connectivity index is 1.48. The number of anilines is 1. The van der Waals surface area contributed by atoms with Crippen LogP contribution in [0.25, 0.3) is 10.7 Å². The van der Waals surface area contributed by atoms with Crippen LogP contribution in [0.15, 0.2) is 41.3 Å². The molecule has 1 fully saturated rings. The van der Waals surface area contributed by atoms with E-state index in [1.165, 1.54) is 12.1 Å². The summed E-state index contributed by atoms with van der Waals surface area (Å²) in [6.07, 6.45) is 0.739. The van der Waals surface area contributed by atoms with Crippen molar-refractivity contribution in [3.8, 4) is 16.8 Å². The fourth-order valence-electron chi connectivity index (χ4n) is 3.70. The molecule has 0 spiro atoms. The van der Waals surface area contributed by atoms with Crippen LogP contribution >= 0.6 is 11.5 Å². The highest BCUT2D eigenvalue weighted by Crippen LogP contribution is 2.38. The van der Waals surface area contributed by atoms with Crippen molar-refractivity contribution in [3.05, 3.63) is 47.8 Å². The number of alkyl halides is 3. The zero-order chi connectivity index (χ0) is 24.6. The molecular weight excluding hydrogens is 493 g/mol. The maximum atomic E-state index is 12.8. The molecule has 0 radical (unpaired) electrons. The summed E-state index contributed by atoms with van der Waals surface area (Å²) in [5, 5.41) is 27.9. The van der Waals surface area contributed by atoms with E-state index in [-0.39, 0.29) is 6.61 Å². The number of aromatic nitrogens is 4. The number of piperidine rings is 1. The lowest BCUT2D eigenvalue weighted by molar-refractivity contribution is -0.0436. The third-order valence-corrected chi connectivity index (χ3v) is 7.93. The Kier molecular flexibility index (Phi) is 6.28. The molecule has 1 saturated heterocycles. The first kappa shape index (κ1) is 24.0. The van der Waals surface area contributed by atoms with Gasteiger partial charge in [-0.1, -0.05) is 12.1 Å². The largest absolute Gasteiger partial charge is 0.501 e. The van der Waals surface area contributed by atoms with Crippen molar-refractivity contribution in [2.24, 2.45) is 0 Å². The second-order valence-corrected chi connectivity index (χ2v) is 10.3. The van der Waals surface area contributed by atoms with Gasteiger partial charge in [0, 0.05) is 13.1 Å². The van der Waals surface area contributed by atoms with Crippen molar-refractivity contribution in [1.82, 2.24) is 19.6 Å². The molecule has 34 heavy (non-hydrogen) atoms. The van der Waals surface area contributed by atoms with E-state index >= 15 is 0 Å². The number of aliphatic hydroxyl groups is 1. The van der Waals surface area contributed by atoms with Crippen LogP contribution in [-0.4, -0.2) is 51.7 Å². The number of benzene rings is 1. The Morgan fingerprint density at radius 1 is 1.12 bits per heavy atom. The van der Waals surface area contributed by atoms with E-state index < -0.39 is 25.7 Å². The molecule has 0 unspecified atom stereocenters. The van der Waals surface area contributed by atoms with Crippen molar-refractivity contribution in [2.45, 2.75) is 35.3 Å². The van der Waals surface area contributed by atoms with Gasteiger partial charge in [0.25, 0.3) is 9.84 Å². The van der Waals surface area contributed by atoms with Crippen LogP contribution in [0, 0.1) is 11.3 Å². The first-order chi connectivity index (χ1) is 16.1. The van der Waals surface area contributed by atoms with E-state index in [1.807, 2.05) is 4.90 Å². The van der Waals surface area contributed by atoms with Crippen LogP contribution < -0.4 is 4.90 Å². The highest BCUT2D eigenvalue weighted by Gasteiger charge is 2.47. The smallest absolute Gasteiger partial charge is 0.388 e. The molecule has 4 rings (SSSR count). The number of hydrogen-bond acceptors (Lipinski definition) is 10. The van der Waals surface area contributed by atoms with E-state index in [0.717, 1.165) is 23.7 Å². The number of nitriles is 1. The summed E-state index contributed by atoms with van der Waals surface area (Å²) in [5.74, 6) is 0.896. The number of rotatable bonds is 5. The molecule has 0 amide bonds. The molecule has 3 aromatic rings. The van der Waals surface area contributed by atoms with Gasteiger partial charge in [-0.2, -0.15) is 22.8 Å². The van der Waals surface area contributed by atoms with Gasteiger partial charge in [0.2, 0.25) is 0 Å². The van der Waals surface area contributed by atoms with Crippen LogP contribution in [0.1, 0.15) is 24.2 Å². The lowest BCUT2D eigenvalue weighted by Crippen LogP contribution is -2.42. The molecule has 0 saturated carbocycles. The Morgan fingerprint density at radius 2 is 1.79 bits per heavy atom. The monoisotopic (exact) mass is 510 g/mol. The summed E-state index contributed by atoms with van der Waals surface area (Å²) in [6.45, 7) is 0.618. The zero-order valence-corrected chi connectivity index (χ0v) is 19.0. The van der Waals surface area contributed by atoms with Gasteiger partial charge < -0.3 is 10.0 Å². The number of sulfone groups is 1. The fraction of sp³-hybridized carbons (Fsp3) is 0.350. The van der Waals surface area contributed by atoms with Gasteiger partial charge in [-0.05, 0) is 54.2 Å². The lowest BCUT2D eigenvalue weighted by atomic mass is 9.74. The standard InChI is InChI=1S/C20H17F3N6O3S2/c21-20(22,23)34(31,32)14-3-1-13(2-4-14)19(12-24)7-9-29(10-8-19)17-6-5-15(26-27-17)18-25-16(11-30)28-33-18/h1-6,30H,7-11H2. The first-order valence-electron chi connectivity index (χ1n) is 9.95. The molecule has 14 heteroatoms. The molecule has 0 aliphatic carbocycles. The molecule has 1 aliphatic rings. The SMILES string of the molecule is N#CC1(c2ccc(S(=O)(=O)C(F)(F)F)cc2)CCN(c2ccc(-c3nc(CO)ns3)nn2)CC1. The molecular formula is C20H17F3N6O3S2. The minimum Gasteiger partial charge on any atom is -0.388 e. The van der Waals surface area contributed by atoms with Gasteiger partial charge in [-0.25, -0.2) is 13.4 Å². The summed E-state index contributed by atoms with van der Waals surface area (Å²) in [6, 6.07) is 10.1. The summed E-state index contributed by atoms with van der Waals surface area (Å²) in [5.41, 5.74) is -5.37. The molecule has 0 atom stereocenters. The predicted octanol–water partition coefficient (Wildman–Crippen LogP) is 2.84. The molecule has 1 aliphatic heterocycles. The van der Waals surface area contributed by atoms with Gasteiger partial charge in [0.15, 0.2) is 16.6 Å². The Hall–Kier alpha value is -3.15. The van der Waals surface area contributed by atoms with E-state index in [4.69, 9.17) is 5.11 Å². The summed E-state index contributed by atoms with van der Waals surface area (Å²) in [4.78, 5) is 5.23. The minimum absolute atomic E-state index is 0.267. The number of hydrogen-bond donors (Lipinski definition) is 1. The lowest BCUT2D eigenvalue weighted by Gasteiger charge is -2.38. The maximum Gasteiger partial charge on any atom is 0.501 e. The van der Waals surface area contributed by atoms with Crippen LogP contribution in [0.5, 0.6) is 0 Å². The number of nitrogens with zero attached hydrogens (tertiary/aromatic N) is 6. The van der Waals surface area contributed by atoms with Crippen molar-refractivity contribution in [3.63, 3.8) is 0 Å². The van der Waals surface area contributed by atoms with Crippen LogP contribution in [0.3, 0.4) is 0 Å². The summed E-state index contributed by atoms with van der Waals surface area (Å²) >= 11 is 1.10. The highest BCUT2D eigenvalue weighted by atomic mass is 32.2. The predicted molar refractivity (Wildman–Crippen MR) is 115 cm³/mol. The van der Waals surface area contributed by atoms with Gasteiger partial charge in [-0.3, -0.25) is 0 Å². The summed E-state index contributed by atoms with van der Waals surface area (Å²) < 4.78 is 65.5. The van der Waals surface area contributed by atoms with Crippen molar-refractivity contribution >= 4 is 27.2 Å². The minimum atomic E-state index is -5.45. The third kappa shape index (κ3) is 4.33. The normalized spacial score (nSPS) is 16.3. The van der Waals surface area contributed by atoms with Gasteiger partial charge >= 0.3 is 5.51 Å². The average molecular weight is 511 g/mol. The first-order valence-corrected chi connectivity index (χ1v) is 12.2. The van der Waals surface area contributed by atoms with E-state index in [0.29, 0.717) is 53.8 Å². The molecule has 1 aromatic carbocycles. The van der Waals surface area contributed by atoms with Crippen molar-refractivity contribution in [2.75, 3.05) is 18.0 Å². The topological polar surface area (TPSA) is 133 Å².